The molecule has 0 atom stereocenters. The number of aromatic carboxylic acids is 1. The molecule has 1 fully saturated rings. The summed E-state index contributed by atoms with van der Waals surface area (Å²) in [6.45, 7) is 0. The third-order valence-electron chi connectivity index (χ3n) is 6.10. The van der Waals surface area contributed by atoms with Crippen molar-refractivity contribution in [2.75, 3.05) is 13.0 Å². The van der Waals surface area contributed by atoms with E-state index in [1.807, 2.05) is 10.6 Å². The van der Waals surface area contributed by atoms with Crippen molar-refractivity contribution in [2.45, 2.75) is 38.1 Å². The highest BCUT2D eigenvalue weighted by molar-refractivity contribution is 7.16. The maximum atomic E-state index is 12.9. The smallest absolute Gasteiger partial charge is 0.341 e. The lowest BCUT2D eigenvalue weighted by Crippen LogP contribution is -2.19. The van der Waals surface area contributed by atoms with Gasteiger partial charge in [0.25, 0.3) is 0 Å². The second kappa shape index (κ2) is 7.84. The van der Waals surface area contributed by atoms with Gasteiger partial charge in [-0.25, -0.2) is 4.79 Å². The summed E-state index contributed by atoms with van der Waals surface area (Å²) in [4.78, 5) is 26.8. The van der Waals surface area contributed by atoms with E-state index < -0.39 is 11.4 Å². The third kappa shape index (κ3) is 3.48. The van der Waals surface area contributed by atoms with E-state index in [2.05, 4.69) is 12.1 Å². The third-order valence-corrected chi connectivity index (χ3v) is 7.44. The molecule has 2 aliphatic carbocycles. The van der Waals surface area contributed by atoms with Gasteiger partial charge in [0.1, 0.15) is 5.56 Å². The molecule has 0 spiro atoms. The molecular formula is C24H22ClNO4S. The van der Waals surface area contributed by atoms with Crippen LogP contribution in [0.25, 0.3) is 27.4 Å². The Morgan fingerprint density at radius 1 is 1.32 bits per heavy atom. The van der Waals surface area contributed by atoms with Crippen LogP contribution in [0.5, 0.6) is 5.75 Å². The summed E-state index contributed by atoms with van der Waals surface area (Å²) in [7, 11) is 1.61. The number of alkyl halides is 1. The Morgan fingerprint density at radius 3 is 2.81 bits per heavy atom. The molecule has 0 aliphatic heterocycles. The Balaban J connectivity index is 1.72. The predicted molar refractivity (Wildman–Crippen MR) is 125 cm³/mol. The van der Waals surface area contributed by atoms with Gasteiger partial charge in [-0.2, -0.15) is 0 Å². The van der Waals surface area contributed by atoms with Crippen molar-refractivity contribution >= 4 is 45.9 Å². The van der Waals surface area contributed by atoms with E-state index in [4.69, 9.17) is 16.3 Å². The van der Waals surface area contributed by atoms with Crippen LogP contribution in [0.15, 0.2) is 34.8 Å². The average molecular weight is 456 g/mol. The van der Waals surface area contributed by atoms with Gasteiger partial charge in [0.15, 0.2) is 5.75 Å². The number of ether oxygens (including phenoxy) is 1. The number of thiophene rings is 1. The Bertz CT molecular complexity index is 1300. The highest BCUT2D eigenvalue weighted by Crippen LogP contribution is 2.45. The fourth-order valence-corrected chi connectivity index (χ4v) is 5.85. The van der Waals surface area contributed by atoms with Crippen molar-refractivity contribution in [2.24, 2.45) is 0 Å². The van der Waals surface area contributed by atoms with Gasteiger partial charge in [0, 0.05) is 33.4 Å². The monoisotopic (exact) mass is 455 g/mol. The first kappa shape index (κ1) is 20.3. The lowest BCUT2D eigenvalue weighted by molar-refractivity contribution is 0.0695. The molecule has 160 valence electrons. The van der Waals surface area contributed by atoms with E-state index >= 15 is 0 Å². The van der Waals surface area contributed by atoms with E-state index in [9.17, 15) is 14.7 Å². The first-order chi connectivity index (χ1) is 15.0. The summed E-state index contributed by atoms with van der Waals surface area (Å²) in [6.07, 6.45) is 8.60. The van der Waals surface area contributed by atoms with Crippen molar-refractivity contribution in [3.8, 4) is 16.2 Å². The molecule has 0 saturated heterocycles. The molecule has 5 nitrogen and oxygen atoms in total. The Kier molecular flexibility index (Phi) is 5.15. The van der Waals surface area contributed by atoms with Crippen LogP contribution in [0.3, 0.4) is 0 Å². The Hall–Kier alpha value is -2.57. The van der Waals surface area contributed by atoms with E-state index in [1.165, 1.54) is 22.2 Å². The van der Waals surface area contributed by atoms with Crippen LogP contribution < -0.4 is 10.2 Å². The maximum Gasteiger partial charge on any atom is 0.341 e. The summed E-state index contributed by atoms with van der Waals surface area (Å²) < 4.78 is 7.77. The number of aryl methyl sites for hydroxylation is 1. The van der Waals surface area contributed by atoms with Gasteiger partial charge < -0.3 is 14.4 Å². The summed E-state index contributed by atoms with van der Waals surface area (Å²) in [5, 5.41) is 9.89. The highest BCUT2D eigenvalue weighted by Gasteiger charge is 2.29. The first-order valence-corrected chi connectivity index (χ1v) is 11.7. The Morgan fingerprint density at radius 2 is 2.13 bits per heavy atom. The minimum absolute atomic E-state index is 0.197. The fourth-order valence-electron chi connectivity index (χ4n) is 4.38. The van der Waals surface area contributed by atoms with Crippen LogP contribution in [0.4, 0.5) is 0 Å². The molecule has 0 bridgehead atoms. The number of rotatable bonds is 6. The number of halogens is 1. The van der Waals surface area contributed by atoms with E-state index in [0.29, 0.717) is 22.5 Å². The number of allylic oxidation sites excluding steroid dienone is 1. The van der Waals surface area contributed by atoms with Crippen molar-refractivity contribution in [3.05, 3.63) is 56.2 Å². The predicted octanol–water partition coefficient (Wildman–Crippen LogP) is 5.73. The lowest BCUT2D eigenvalue weighted by atomic mass is 9.96. The molecule has 0 radical (unpaired) electrons. The summed E-state index contributed by atoms with van der Waals surface area (Å²) in [5.74, 6) is 0.0615. The zero-order valence-corrected chi connectivity index (χ0v) is 18.7. The first-order valence-electron chi connectivity index (χ1n) is 10.4. The van der Waals surface area contributed by atoms with Gasteiger partial charge in [-0.1, -0.05) is 5.57 Å². The van der Waals surface area contributed by atoms with Gasteiger partial charge in [-0.15, -0.1) is 22.9 Å². The number of methoxy groups -OCH3 is 1. The molecule has 31 heavy (non-hydrogen) atoms. The SMILES string of the molecule is COc1c(-c2cc3c(s2)C=C(CCCl)CC3)ccc2c(=O)c(C(=O)O)cn(C3CC3)c12. The molecular weight excluding hydrogens is 434 g/mol. The number of carboxylic acids is 1. The second-order valence-electron chi connectivity index (χ2n) is 8.10. The molecule has 1 N–H and O–H groups in total. The fraction of sp³-hybridized carbons (Fsp3) is 0.333. The van der Waals surface area contributed by atoms with Crippen LogP contribution in [-0.4, -0.2) is 28.6 Å². The van der Waals surface area contributed by atoms with Gasteiger partial charge in [0.2, 0.25) is 5.43 Å². The van der Waals surface area contributed by atoms with E-state index in [0.717, 1.165) is 42.5 Å². The molecule has 7 heteroatoms. The van der Waals surface area contributed by atoms with Gasteiger partial charge in [-0.3, -0.25) is 4.79 Å². The number of pyridine rings is 1. The standard InChI is InChI=1S/C24H22ClNO4S/c1-30-23-16(20-11-14-3-2-13(8-9-25)10-19(14)31-20)6-7-17-21(23)26(15-4-5-15)12-18(22(17)27)24(28)29/h6-7,10-12,15H,2-5,8-9H2,1H3,(H,28,29). The lowest BCUT2D eigenvalue weighted by Gasteiger charge is -2.17. The van der Waals surface area contributed by atoms with Gasteiger partial charge in [-0.05, 0) is 61.9 Å². The van der Waals surface area contributed by atoms with E-state index in [1.54, 1.807) is 24.5 Å². The van der Waals surface area contributed by atoms with Crippen LogP contribution >= 0.6 is 22.9 Å². The highest BCUT2D eigenvalue weighted by atomic mass is 35.5. The molecule has 0 amide bonds. The quantitative estimate of drug-likeness (QED) is 0.482. The molecule has 1 aromatic carbocycles. The van der Waals surface area contributed by atoms with Crippen molar-refractivity contribution in [1.82, 2.24) is 4.57 Å². The summed E-state index contributed by atoms with van der Waals surface area (Å²) in [5.41, 5.74) is 3.65. The largest absolute Gasteiger partial charge is 0.494 e. The van der Waals surface area contributed by atoms with Crippen molar-refractivity contribution < 1.29 is 14.6 Å². The van der Waals surface area contributed by atoms with Crippen LogP contribution in [-0.2, 0) is 6.42 Å². The second-order valence-corrected chi connectivity index (χ2v) is 9.56. The molecule has 0 unspecified atom stereocenters. The van der Waals surface area contributed by atoms with Crippen LogP contribution in [0.2, 0.25) is 0 Å². The average Bonchev–Trinajstić information content (AvgIpc) is 3.51. The summed E-state index contributed by atoms with van der Waals surface area (Å²) >= 11 is 7.65. The number of aromatic nitrogens is 1. The number of carboxylic acid groups (broad SMARTS) is 1. The minimum atomic E-state index is -1.20. The molecule has 1 saturated carbocycles. The van der Waals surface area contributed by atoms with Crippen LogP contribution in [0.1, 0.15) is 52.5 Å². The minimum Gasteiger partial charge on any atom is -0.494 e. The van der Waals surface area contributed by atoms with Crippen LogP contribution in [0, 0.1) is 0 Å². The normalized spacial score (nSPS) is 15.6. The number of hydrogen-bond donors (Lipinski definition) is 1. The molecule has 2 heterocycles. The molecule has 2 aliphatic rings. The van der Waals surface area contributed by atoms with Crippen molar-refractivity contribution in [3.63, 3.8) is 0 Å². The molecule has 5 rings (SSSR count). The Labute approximate surface area is 188 Å². The number of nitrogens with zero attached hydrogens (tertiary/aromatic N) is 1. The maximum absolute atomic E-state index is 12.9. The molecule has 3 aromatic rings. The van der Waals surface area contributed by atoms with Gasteiger partial charge in [0.05, 0.1) is 18.0 Å². The topological polar surface area (TPSA) is 68.5 Å². The van der Waals surface area contributed by atoms with Gasteiger partial charge >= 0.3 is 5.97 Å². The zero-order chi connectivity index (χ0) is 21.7. The number of carbonyl (C=O) groups is 1. The number of benzene rings is 1. The summed E-state index contributed by atoms with van der Waals surface area (Å²) in [6, 6.07) is 6.03. The number of fused-ring (bicyclic) bond motifs is 2. The zero-order valence-electron chi connectivity index (χ0n) is 17.1. The number of hydrogen-bond acceptors (Lipinski definition) is 4. The molecule has 2 aromatic heterocycles. The van der Waals surface area contributed by atoms with Crippen molar-refractivity contribution in [1.29, 1.82) is 0 Å². The van der Waals surface area contributed by atoms with E-state index in [-0.39, 0.29) is 11.6 Å².